The molecule has 0 saturated carbocycles. The highest BCUT2D eigenvalue weighted by Crippen LogP contribution is 2.12. The van der Waals surface area contributed by atoms with Crippen molar-refractivity contribution in [2.75, 3.05) is 39.6 Å². The van der Waals surface area contributed by atoms with Crippen LogP contribution in [0.4, 0.5) is 0 Å². The van der Waals surface area contributed by atoms with Crippen LogP contribution in [0.1, 0.15) is 19.8 Å². The Bertz CT molecular complexity index is 143. The molecule has 2 atom stereocenters. The summed E-state index contributed by atoms with van der Waals surface area (Å²) in [5, 5.41) is 12.2. The van der Waals surface area contributed by atoms with Gasteiger partial charge >= 0.3 is 0 Å². The number of hydrogen-bond acceptors (Lipinski definition) is 4. The maximum atomic E-state index is 8.86. The minimum atomic E-state index is 0.216. The molecular weight excluding hydrogens is 194 g/mol. The van der Waals surface area contributed by atoms with Gasteiger partial charge in [0.15, 0.2) is 0 Å². The van der Waals surface area contributed by atoms with Gasteiger partial charge in [-0.3, -0.25) is 0 Å². The summed E-state index contributed by atoms with van der Waals surface area (Å²) in [5.41, 5.74) is 0. The van der Waals surface area contributed by atoms with E-state index in [1.54, 1.807) is 0 Å². The number of rotatable bonds is 8. The van der Waals surface area contributed by atoms with Crippen LogP contribution in [0.3, 0.4) is 0 Å². The molecular formula is C11H23NO3. The molecule has 1 rings (SSSR count). The molecule has 2 N–H and O–H groups in total. The van der Waals surface area contributed by atoms with Gasteiger partial charge in [-0.2, -0.15) is 0 Å². The summed E-state index contributed by atoms with van der Waals surface area (Å²) in [6.07, 6.45) is 1.88. The second-order valence-corrected chi connectivity index (χ2v) is 4.03. The molecule has 0 aromatic carbocycles. The van der Waals surface area contributed by atoms with E-state index in [0.717, 1.165) is 39.2 Å². The SMILES string of the molecule is CCNC(CCO)COCC1CCOC1. The van der Waals surface area contributed by atoms with Gasteiger partial charge in [0.25, 0.3) is 0 Å². The van der Waals surface area contributed by atoms with Crippen LogP contribution < -0.4 is 5.32 Å². The largest absolute Gasteiger partial charge is 0.396 e. The van der Waals surface area contributed by atoms with Crippen molar-refractivity contribution in [2.24, 2.45) is 5.92 Å². The standard InChI is InChI=1S/C11H23NO3/c1-2-12-11(3-5-13)9-15-8-10-4-6-14-7-10/h10-13H,2-9H2,1H3. The molecule has 2 unspecified atom stereocenters. The summed E-state index contributed by atoms with van der Waals surface area (Å²) in [5.74, 6) is 0.571. The summed E-state index contributed by atoms with van der Waals surface area (Å²) in [4.78, 5) is 0. The van der Waals surface area contributed by atoms with Crippen molar-refractivity contribution in [3.63, 3.8) is 0 Å². The molecule has 1 saturated heterocycles. The van der Waals surface area contributed by atoms with Crippen LogP contribution in [-0.2, 0) is 9.47 Å². The van der Waals surface area contributed by atoms with Crippen molar-refractivity contribution < 1.29 is 14.6 Å². The van der Waals surface area contributed by atoms with Crippen molar-refractivity contribution in [3.8, 4) is 0 Å². The van der Waals surface area contributed by atoms with Gasteiger partial charge in [-0.1, -0.05) is 6.92 Å². The van der Waals surface area contributed by atoms with Crippen LogP contribution in [0.15, 0.2) is 0 Å². The molecule has 0 aromatic heterocycles. The summed E-state index contributed by atoms with van der Waals surface area (Å²) < 4.78 is 10.9. The molecule has 0 aliphatic carbocycles. The number of aliphatic hydroxyl groups is 1. The van der Waals surface area contributed by atoms with Gasteiger partial charge < -0.3 is 19.9 Å². The molecule has 0 spiro atoms. The zero-order valence-electron chi connectivity index (χ0n) is 9.58. The second kappa shape index (κ2) is 8.05. The van der Waals surface area contributed by atoms with Gasteiger partial charge in [-0.25, -0.2) is 0 Å². The normalized spacial score (nSPS) is 23.2. The first kappa shape index (κ1) is 12.9. The molecule has 0 amide bonds. The first-order chi connectivity index (χ1) is 7.36. The van der Waals surface area contributed by atoms with Crippen molar-refractivity contribution in [3.05, 3.63) is 0 Å². The van der Waals surface area contributed by atoms with E-state index in [1.807, 2.05) is 0 Å². The number of likely N-dealkylation sites (N-methyl/N-ethyl adjacent to an activating group) is 1. The van der Waals surface area contributed by atoms with Gasteiger partial charge in [0.05, 0.1) is 19.8 Å². The third kappa shape index (κ3) is 5.47. The van der Waals surface area contributed by atoms with E-state index in [1.165, 1.54) is 0 Å². The third-order valence-corrected chi connectivity index (χ3v) is 2.67. The monoisotopic (exact) mass is 217 g/mol. The summed E-state index contributed by atoms with van der Waals surface area (Å²) in [6.45, 7) is 6.38. The summed E-state index contributed by atoms with van der Waals surface area (Å²) in [7, 11) is 0. The average Bonchev–Trinajstić information content (AvgIpc) is 2.71. The first-order valence-electron chi connectivity index (χ1n) is 5.86. The summed E-state index contributed by atoms with van der Waals surface area (Å²) in [6, 6.07) is 0.280. The van der Waals surface area contributed by atoms with Crippen LogP contribution in [-0.4, -0.2) is 50.7 Å². The lowest BCUT2D eigenvalue weighted by atomic mass is 10.1. The minimum Gasteiger partial charge on any atom is -0.396 e. The maximum Gasteiger partial charge on any atom is 0.0620 e. The number of ether oxygens (including phenoxy) is 2. The highest BCUT2D eigenvalue weighted by Gasteiger charge is 2.16. The van der Waals surface area contributed by atoms with Crippen LogP contribution in [0.25, 0.3) is 0 Å². The maximum absolute atomic E-state index is 8.86. The van der Waals surface area contributed by atoms with Gasteiger partial charge in [0, 0.05) is 25.2 Å². The predicted octanol–water partition coefficient (Wildman–Crippen LogP) is 0.400. The van der Waals surface area contributed by atoms with Crippen molar-refractivity contribution in [2.45, 2.75) is 25.8 Å². The lowest BCUT2D eigenvalue weighted by molar-refractivity contribution is 0.0693. The van der Waals surface area contributed by atoms with Crippen molar-refractivity contribution in [1.29, 1.82) is 0 Å². The fourth-order valence-corrected chi connectivity index (χ4v) is 1.78. The molecule has 15 heavy (non-hydrogen) atoms. The van der Waals surface area contributed by atoms with Crippen LogP contribution in [0.5, 0.6) is 0 Å². The van der Waals surface area contributed by atoms with Gasteiger partial charge in [-0.05, 0) is 19.4 Å². The Balaban J connectivity index is 2.04. The van der Waals surface area contributed by atoms with E-state index >= 15 is 0 Å². The van der Waals surface area contributed by atoms with E-state index in [0.29, 0.717) is 12.5 Å². The van der Waals surface area contributed by atoms with Gasteiger partial charge in [-0.15, -0.1) is 0 Å². The Labute approximate surface area is 92.0 Å². The highest BCUT2D eigenvalue weighted by atomic mass is 16.5. The van der Waals surface area contributed by atoms with Gasteiger partial charge in [0.2, 0.25) is 0 Å². The molecule has 1 heterocycles. The van der Waals surface area contributed by atoms with E-state index in [9.17, 15) is 0 Å². The second-order valence-electron chi connectivity index (χ2n) is 4.03. The topological polar surface area (TPSA) is 50.7 Å². The molecule has 1 aliphatic heterocycles. The van der Waals surface area contributed by atoms with Crippen molar-refractivity contribution in [1.82, 2.24) is 5.32 Å². The quantitative estimate of drug-likeness (QED) is 0.618. The van der Waals surface area contributed by atoms with Crippen LogP contribution in [0.2, 0.25) is 0 Å². The van der Waals surface area contributed by atoms with Crippen molar-refractivity contribution >= 4 is 0 Å². The van der Waals surface area contributed by atoms with E-state index in [-0.39, 0.29) is 12.6 Å². The highest BCUT2D eigenvalue weighted by molar-refractivity contribution is 4.67. The lowest BCUT2D eigenvalue weighted by Crippen LogP contribution is -2.34. The Kier molecular flexibility index (Phi) is 6.92. The van der Waals surface area contributed by atoms with E-state index in [4.69, 9.17) is 14.6 Å². The van der Waals surface area contributed by atoms with E-state index < -0.39 is 0 Å². The smallest absolute Gasteiger partial charge is 0.0620 e. The predicted molar refractivity (Wildman–Crippen MR) is 58.9 cm³/mol. The minimum absolute atomic E-state index is 0.216. The first-order valence-corrected chi connectivity index (χ1v) is 5.86. The van der Waals surface area contributed by atoms with E-state index in [2.05, 4.69) is 12.2 Å². The molecule has 1 fully saturated rings. The molecule has 90 valence electrons. The number of hydrogen-bond donors (Lipinski definition) is 2. The zero-order chi connectivity index (χ0) is 10.9. The average molecular weight is 217 g/mol. The Morgan fingerprint density at radius 3 is 3.07 bits per heavy atom. The molecule has 4 nitrogen and oxygen atoms in total. The third-order valence-electron chi connectivity index (χ3n) is 2.67. The number of nitrogens with one attached hydrogen (secondary N) is 1. The van der Waals surface area contributed by atoms with Crippen LogP contribution in [0, 0.1) is 5.92 Å². The zero-order valence-corrected chi connectivity index (χ0v) is 9.58. The van der Waals surface area contributed by atoms with Gasteiger partial charge in [0.1, 0.15) is 0 Å². The number of aliphatic hydroxyl groups excluding tert-OH is 1. The summed E-state index contributed by atoms with van der Waals surface area (Å²) >= 11 is 0. The Morgan fingerprint density at radius 2 is 2.47 bits per heavy atom. The fourth-order valence-electron chi connectivity index (χ4n) is 1.78. The molecule has 0 aromatic rings. The molecule has 0 bridgehead atoms. The fraction of sp³-hybridized carbons (Fsp3) is 1.00. The Hall–Kier alpha value is -0.160. The molecule has 1 aliphatic rings. The lowest BCUT2D eigenvalue weighted by Gasteiger charge is -2.17. The molecule has 4 heteroatoms. The molecule has 0 radical (unpaired) electrons. The van der Waals surface area contributed by atoms with Crippen LogP contribution >= 0.6 is 0 Å². The Morgan fingerprint density at radius 1 is 1.60 bits per heavy atom.